The van der Waals surface area contributed by atoms with Gasteiger partial charge in [0.1, 0.15) is 0 Å². The molecule has 2 aliphatic carbocycles. The number of allylic oxidation sites excluding steroid dienone is 4. The van der Waals surface area contributed by atoms with E-state index in [9.17, 15) is 0 Å². The summed E-state index contributed by atoms with van der Waals surface area (Å²) in [5.74, 6) is 1.87. The molecule has 168 valence electrons. The normalized spacial score (nSPS) is 17.7. The molecule has 0 nitrogen and oxygen atoms in total. The van der Waals surface area contributed by atoms with Gasteiger partial charge in [0.2, 0.25) is 0 Å². The summed E-state index contributed by atoms with van der Waals surface area (Å²) in [5.41, 5.74) is 4.72. The average molecular weight is 485 g/mol. The van der Waals surface area contributed by atoms with Crippen molar-refractivity contribution < 1.29 is 0 Å². The van der Waals surface area contributed by atoms with Crippen molar-refractivity contribution in [3.63, 3.8) is 0 Å². The third-order valence-corrected chi connectivity index (χ3v) is 8.80. The van der Waals surface area contributed by atoms with Crippen molar-refractivity contribution in [1.82, 2.24) is 0 Å². The summed E-state index contributed by atoms with van der Waals surface area (Å²) >= 11 is 3.76. The quantitative estimate of drug-likeness (QED) is 0.260. The highest BCUT2D eigenvalue weighted by atomic mass is 32.2. The first-order chi connectivity index (χ1) is 17.3. The fraction of sp³-hybridized carbons (Fsp3) is 0.0909. The monoisotopic (exact) mass is 484 g/mol. The summed E-state index contributed by atoms with van der Waals surface area (Å²) in [6.07, 6.45) is 12.6. The minimum absolute atomic E-state index is 0.386. The summed E-state index contributed by atoms with van der Waals surface area (Å²) in [7, 11) is 0. The Hall–Kier alpha value is -3.20. The fourth-order valence-corrected chi connectivity index (χ4v) is 6.81. The van der Waals surface area contributed by atoms with Gasteiger partial charge in [-0.15, -0.1) is 23.5 Å². The fourth-order valence-electron chi connectivity index (χ4n) is 4.70. The standard InChI is InChI=1S/C33H24S2/c1-3-11-25(12-4-1)23-34-31-19-18-28(21-32(31)35-24-26-13-5-2-6-14-26)33-20-10-9-17-30(33)29-16-8-7-15-27(29)22-33/h1-20H,23-24H2. The summed E-state index contributed by atoms with van der Waals surface area (Å²) < 4.78 is 0. The van der Waals surface area contributed by atoms with Gasteiger partial charge in [-0.1, -0.05) is 115 Å². The highest BCUT2D eigenvalue weighted by Gasteiger charge is 2.36. The Bertz CT molecular complexity index is 1530. The zero-order valence-electron chi connectivity index (χ0n) is 19.3. The molecule has 0 N–H and O–H groups in total. The summed E-state index contributed by atoms with van der Waals surface area (Å²) in [6, 6.07) is 38.4. The van der Waals surface area contributed by atoms with Crippen LogP contribution in [0.5, 0.6) is 0 Å². The van der Waals surface area contributed by atoms with Crippen molar-refractivity contribution in [3.05, 3.63) is 155 Å². The Morgan fingerprint density at radius 2 is 1.34 bits per heavy atom. The molecule has 0 saturated heterocycles. The van der Waals surface area contributed by atoms with Gasteiger partial charge in [0.15, 0.2) is 0 Å². The molecule has 0 aromatic heterocycles. The summed E-state index contributed by atoms with van der Waals surface area (Å²) in [6.45, 7) is 0. The lowest BCUT2D eigenvalue weighted by atomic mass is 9.73. The highest BCUT2D eigenvalue weighted by Crippen LogP contribution is 2.44. The van der Waals surface area contributed by atoms with Crippen LogP contribution >= 0.6 is 23.5 Å². The van der Waals surface area contributed by atoms with Crippen LogP contribution in [-0.4, -0.2) is 0 Å². The van der Waals surface area contributed by atoms with Gasteiger partial charge in [0.25, 0.3) is 0 Å². The molecular weight excluding hydrogens is 460 g/mol. The SMILES string of the molecule is [C]1=c2ccccc2=C2C=CC=CC12c1[c]c(SCc2ccccc2)c(SCc2ccccc2)cc1. The number of benzene rings is 4. The van der Waals surface area contributed by atoms with Crippen molar-refractivity contribution >= 4 is 35.2 Å². The van der Waals surface area contributed by atoms with Crippen LogP contribution in [0.2, 0.25) is 0 Å². The maximum Gasteiger partial charge on any atom is 0.0657 e. The second-order valence-electron chi connectivity index (χ2n) is 8.72. The van der Waals surface area contributed by atoms with Crippen molar-refractivity contribution in [2.75, 3.05) is 0 Å². The molecule has 2 aliphatic rings. The largest absolute Gasteiger partial charge is 0.120 e. The third-order valence-electron chi connectivity index (χ3n) is 6.46. The lowest BCUT2D eigenvalue weighted by molar-refractivity contribution is 0.921. The number of fused-ring (bicyclic) bond motifs is 2. The van der Waals surface area contributed by atoms with Gasteiger partial charge < -0.3 is 0 Å². The van der Waals surface area contributed by atoms with Gasteiger partial charge in [0.05, 0.1) is 5.41 Å². The molecule has 4 aromatic carbocycles. The van der Waals surface area contributed by atoms with E-state index < -0.39 is 0 Å². The Morgan fingerprint density at radius 3 is 2.11 bits per heavy atom. The van der Waals surface area contributed by atoms with E-state index in [1.165, 1.54) is 36.9 Å². The molecule has 0 aliphatic heterocycles. The van der Waals surface area contributed by atoms with Crippen molar-refractivity contribution in [2.45, 2.75) is 26.7 Å². The smallest absolute Gasteiger partial charge is 0.0657 e. The minimum atomic E-state index is -0.386. The molecule has 0 heterocycles. The number of hydrogen-bond donors (Lipinski definition) is 0. The minimum Gasteiger partial charge on any atom is -0.120 e. The van der Waals surface area contributed by atoms with E-state index in [2.05, 4.69) is 134 Å². The molecule has 2 heteroatoms. The van der Waals surface area contributed by atoms with Crippen LogP contribution in [0.3, 0.4) is 0 Å². The van der Waals surface area contributed by atoms with Gasteiger partial charge >= 0.3 is 0 Å². The molecule has 35 heavy (non-hydrogen) atoms. The molecule has 1 unspecified atom stereocenters. The third kappa shape index (κ3) is 4.45. The molecule has 0 fully saturated rings. The molecule has 0 amide bonds. The molecule has 2 radical (unpaired) electrons. The highest BCUT2D eigenvalue weighted by molar-refractivity contribution is 8.01. The molecule has 0 spiro atoms. The second-order valence-corrected chi connectivity index (χ2v) is 10.7. The van der Waals surface area contributed by atoms with Gasteiger partial charge in [-0.25, -0.2) is 0 Å². The van der Waals surface area contributed by atoms with Crippen LogP contribution in [0.15, 0.2) is 131 Å². The molecule has 1 atom stereocenters. The second kappa shape index (κ2) is 9.81. The van der Waals surface area contributed by atoms with E-state index >= 15 is 0 Å². The van der Waals surface area contributed by atoms with Crippen LogP contribution in [-0.2, 0) is 16.9 Å². The number of thioether (sulfide) groups is 2. The average Bonchev–Trinajstić information content (AvgIpc) is 3.28. The first-order valence-corrected chi connectivity index (χ1v) is 13.8. The van der Waals surface area contributed by atoms with Gasteiger partial charge in [-0.05, 0) is 44.8 Å². The topological polar surface area (TPSA) is 0 Å². The predicted octanol–water partition coefficient (Wildman–Crippen LogP) is 6.96. The van der Waals surface area contributed by atoms with Crippen molar-refractivity contribution in [3.8, 4) is 0 Å². The molecular formula is C33H24S2. The molecule has 0 bridgehead atoms. The Balaban J connectivity index is 1.39. The zero-order chi connectivity index (χ0) is 23.5. The Kier molecular flexibility index (Phi) is 6.24. The van der Waals surface area contributed by atoms with E-state index in [0.29, 0.717) is 0 Å². The van der Waals surface area contributed by atoms with E-state index in [1.807, 2.05) is 23.5 Å². The van der Waals surface area contributed by atoms with Crippen LogP contribution in [0.1, 0.15) is 16.7 Å². The van der Waals surface area contributed by atoms with E-state index in [0.717, 1.165) is 17.1 Å². The van der Waals surface area contributed by atoms with Gasteiger partial charge in [-0.3, -0.25) is 0 Å². The number of hydrogen-bond acceptors (Lipinski definition) is 2. The summed E-state index contributed by atoms with van der Waals surface area (Å²) in [5, 5.41) is 2.44. The van der Waals surface area contributed by atoms with Gasteiger partial charge in [-0.2, -0.15) is 0 Å². The Labute approximate surface area is 215 Å². The van der Waals surface area contributed by atoms with Crippen LogP contribution < -0.4 is 10.4 Å². The molecule has 0 saturated carbocycles. The van der Waals surface area contributed by atoms with E-state index in [-0.39, 0.29) is 5.41 Å². The van der Waals surface area contributed by atoms with E-state index in [4.69, 9.17) is 0 Å². The molecule has 6 rings (SSSR count). The van der Waals surface area contributed by atoms with Crippen LogP contribution in [0, 0.1) is 6.07 Å². The van der Waals surface area contributed by atoms with Crippen LogP contribution in [0.25, 0.3) is 11.6 Å². The Morgan fingerprint density at radius 1 is 0.657 bits per heavy atom. The van der Waals surface area contributed by atoms with Crippen molar-refractivity contribution in [2.24, 2.45) is 0 Å². The van der Waals surface area contributed by atoms with E-state index in [1.54, 1.807) is 0 Å². The first-order valence-electron chi connectivity index (χ1n) is 11.8. The lowest BCUT2D eigenvalue weighted by Crippen LogP contribution is -2.24. The maximum atomic E-state index is 3.86. The summed E-state index contributed by atoms with van der Waals surface area (Å²) in [4.78, 5) is 2.49. The van der Waals surface area contributed by atoms with Gasteiger partial charge in [0, 0.05) is 27.4 Å². The van der Waals surface area contributed by atoms with Crippen LogP contribution in [0.4, 0.5) is 0 Å². The number of rotatable bonds is 7. The molecule has 4 aromatic rings. The lowest BCUT2D eigenvalue weighted by Gasteiger charge is -2.29. The maximum absolute atomic E-state index is 3.86. The predicted molar refractivity (Wildman–Crippen MR) is 150 cm³/mol. The van der Waals surface area contributed by atoms with Crippen molar-refractivity contribution in [1.29, 1.82) is 0 Å². The zero-order valence-corrected chi connectivity index (χ0v) is 20.9. The first kappa shape index (κ1) is 22.3.